The van der Waals surface area contributed by atoms with Gasteiger partial charge in [0.05, 0.1) is 13.5 Å². The zero-order valence-corrected chi connectivity index (χ0v) is 16.5. The topological polar surface area (TPSA) is 46.6 Å². The Morgan fingerprint density at radius 1 is 0.964 bits per heavy atom. The van der Waals surface area contributed by atoms with Gasteiger partial charge in [0.1, 0.15) is 0 Å². The first-order valence-corrected chi connectivity index (χ1v) is 10.1. The van der Waals surface area contributed by atoms with Crippen LogP contribution in [-0.4, -0.2) is 36.5 Å². The minimum Gasteiger partial charge on any atom is -0.469 e. The summed E-state index contributed by atoms with van der Waals surface area (Å²) in [5, 5.41) is 0. The second-order valence-corrected chi connectivity index (χ2v) is 7.43. The molecule has 2 aromatic carbocycles. The maximum absolute atomic E-state index is 13.4. The SMILES string of the molecule is COC(=O)CCN(C(=O)CC(c1ccccc1)c1ccccc1)C1CCCC1. The molecule has 1 fully saturated rings. The minimum atomic E-state index is -0.265. The minimum absolute atomic E-state index is 0.0110. The molecule has 0 unspecified atom stereocenters. The molecule has 0 heterocycles. The third-order valence-electron chi connectivity index (χ3n) is 5.65. The van der Waals surface area contributed by atoms with Gasteiger partial charge in [-0.05, 0) is 24.0 Å². The normalized spacial score (nSPS) is 14.2. The van der Waals surface area contributed by atoms with Crippen molar-refractivity contribution in [2.75, 3.05) is 13.7 Å². The summed E-state index contributed by atoms with van der Waals surface area (Å²) in [5.74, 6) is -0.135. The fraction of sp³-hybridized carbons (Fsp3) is 0.417. The van der Waals surface area contributed by atoms with Gasteiger partial charge in [0.15, 0.2) is 0 Å². The van der Waals surface area contributed by atoms with Crippen LogP contribution in [0.1, 0.15) is 55.6 Å². The predicted octanol–water partition coefficient (Wildman–Crippen LogP) is 4.54. The molecule has 0 saturated heterocycles. The molecule has 0 N–H and O–H groups in total. The summed E-state index contributed by atoms with van der Waals surface area (Å²) in [5.41, 5.74) is 2.28. The molecule has 0 aromatic heterocycles. The van der Waals surface area contributed by atoms with Crippen LogP contribution in [0.2, 0.25) is 0 Å². The molecule has 0 bridgehead atoms. The van der Waals surface area contributed by atoms with E-state index in [0.29, 0.717) is 13.0 Å². The van der Waals surface area contributed by atoms with E-state index in [1.807, 2.05) is 41.3 Å². The van der Waals surface area contributed by atoms with E-state index in [9.17, 15) is 9.59 Å². The lowest BCUT2D eigenvalue weighted by Crippen LogP contribution is -2.41. The Bertz CT molecular complexity index is 714. The van der Waals surface area contributed by atoms with E-state index in [0.717, 1.165) is 36.8 Å². The van der Waals surface area contributed by atoms with Crippen molar-refractivity contribution in [2.24, 2.45) is 0 Å². The number of carbonyl (C=O) groups is 2. The number of hydrogen-bond donors (Lipinski definition) is 0. The number of hydrogen-bond acceptors (Lipinski definition) is 3. The van der Waals surface area contributed by atoms with Gasteiger partial charge < -0.3 is 9.64 Å². The Balaban J connectivity index is 1.80. The lowest BCUT2D eigenvalue weighted by Gasteiger charge is -2.30. The predicted molar refractivity (Wildman–Crippen MR) is 110 cm³/mol. The Labute approximate surface area is 167 Å². The van der Waals surface area contributed by atoms with E-state index in [-0.39, 0.29) is 30.3 Å². The summed E-state index contributed by atoms with van der Waals surface area (Å²) >= 11 is 0. The summed E-state index contributed by atoms with van der Waals surface area (Å²) in [4.78, 5) is 27.0. The van der Waals surface area contributed by atoms with E-state index >= 15 is 0 Å². The van der Waals surface area contributed by atoms with Crippen molar-refractivity contribution in [3.05, 3.63) is 71.8 Å². The molecular formula is C24H29NO3. The lowest BCUT2D eigenvalue weighted by molar-refractivity contribution is -0.142. The van der Waals surface area contributed by atoms with Gasteiger partial charge in [-0.3, -0.25) is 9.59 Å². The van der Waals surface area contributed by atoms with Gasteiger partial charge in [-0.25, -0.2) is 0 Å². The highest BCUT2D eigenvalue weighted by Gasteiger charge is 2.29. The van der Waals surface area contributed by atoms with E-state index in [4.69, 9.17) is 4.74 Å². The van der Waals surface area contributed by atoms with Gasteiger partial charge in [0, 0.05) is 24.9 Å². The van der Waals surface area contributed by atoms with Crippen LogP contribution >= 0.6 is 0 Å². The van der Waals surface area contributed by atoms with E-state index < -0.39 is 0 Å². The number of ether oxygens (including phenoxy) is 1. The van der Waals surface area contributed by atoms with Crippen molar-refractivity contribution in [3.8, 4) is 0 Å². The number of benzene rings is 2. The third-order valence-corrected chi connectivity index (χ3v) is 5.65. The fourth-order valence-corrected chi connectivity index (χ4v) is 4.13. The average Bonchev–Trinajstić information content (AvgIpc) is 3.27. The van der Waals surface area contributed by atoms with Gasteiger partial charge in [-0.1, -0.05) is 73.5 Å². The first-order chi connectivity index (χ1) is 13.7. The van der Waals surface area contributed by atoms with Crippen molar-refractivity contribution in [3.63, 3.8) is 0 Å². The summed E-state index contributed by atoms with van der Waals surface area (Å²) in [6.07, 6.45) is 5.00. The van der Waals surface area contributed by atoms with Gasteiger partial charge >= 0.3 is 5.97 Å². The second kappa shape index (κ2) is 10.1. The van der Waals surface area contributed by atoms with Crippen LogP contribution < -0.4 is 0 Å². The molecule has 0 atom stereocenters. The van der Waals surface area contributed by atoms with Gasteiger partial charge in [0.25, 0.3) is 0 Å². The lowest BCUT2D eigenvalue weighted by atomic mass is 9.88. The summed E-state index contributed by atoms with van der Waals surface area (Å²) in [7, 11) is 1.39. The first-order valence-electron chi connectivity index (χ1n) is 10.1. The molecule has 4 nitrogen and oxygen atoms in total. The monoisotopic (exact) mass is 379 g/mol. The standard InChI is InChI=1S/C24H29NO3/c1-28-24(27)16-17-25(21-14-8-9-15-21)23(26)18-22(19-10-4-2-5-11-19)20-12-6-3-7-13-20/h2-7,10-13,21-22H,8-9,14-18H2,1H3. The molecule has 28 heavy (non-hydrogen) atoms. The van der Waals surface area contributed by atoms with Crippen molar-refractivity contribution < 1.29 is 14.3 Å². The van der Waals surface area contributed by atoms with Crippen LogP contribution in [0, 0.1) is 0 Å². The second-order valence-electron chi connectivity index (χ2n) is 7.43. The molecule has 4 heteroatoms. The molecule has 0 spiro atoms. The molecule has 2 aromatic rings. The summed E-state index contributed by atoms with van der Waals surface area (Å²) < 4.78 is 4.79. The highest BCUT2D eigenvalue weighted by atomic mass is 16.5. The van der Waals surface area contributed by atoms with Crippen LogP contribution in [0.3, 0.4) is 0 Å². The zero-order valence-electron chi connectivity index (χ0n) is 16.5. The number of rotatable bonds is 8. The number of esters is 1. The Morgan fingerprint density at radius 2 is 1.50 bits per heavy atom. The van der Waals surface area contributed by atoms with Crippen molar-refractivity contribution in [1.29, 1.82) is 0 Å². The molecule has 0 radical (unpaired) electrons. The quantitative estimate of drug-likeness (QED) is 0.633. The average molecular weight is 380 g/mol. The Hall–Kier alpha value is -2.62. The van der Waals surface area contributed by atoms with Crippen molar-refractivity contribution >= 4 is 11.9 Å². The van der Waals surface area contributed by atoms with E-state index in [1.54, 1.807) is 0 Å². The molecular weight excluding hydrogens is 350 g/mol. The van der Waals surface area contributed by atoms with E-state index in [2.05, 4.69) is 24.3 Å². The molecule has 148 valence electrons. The van der Waals surface area contributed by atoms with Crippen LogP contribution in [0.15, 0.2) is 60.7 Å². The first kappa shape index (κ1) is 20.1. The highest BCUT2D eigenvalue weighted by Crippen LogP contribution is 2.31. The molecule has 1 amide bonds. The number of nitrogens with zero attached hydrogens (tertiary/aromatic N) is 1. The zero-order chi connectivity index (χ0) is 19.8. The summed E-state index contributed by atoms with van der Waals surface area (Å²) in [6.45, 7) is 0.437. The Morgan fingerprint density at radius 3 is 2.00 bits per heavy atom. The summed E-state index contributed by atoms with van der Waals surface area (Å²) in [6, 6.07) is 20.6. The van der Waals surface area contributed by atoms with Gasteiger partial charge in [-0.2, -0.15) is 0 Å². The van der Waals surface area contributed by atoms with Crippen molar-refractivity contribution in [2.45, 2.75) is 50.5 Å². The highest BCUT2D eigenvalue weighted by molar-refractivity contribution is 5.79. The Kier molecular flexibility index (Phi) is 7.24. The fourth-order valence-electron chi connectivity index (χ4n) is 4.13. The third kappa shape index (κ3) is 5.22. The van der Waals surface area contributed by atoms with E-state index in [1.165, 1.54) is 7.11 Å². The number of methoxy groups -OCH3 is 1. The molecule has 1 aliphatic rings. The van der Waals surface area contributed by atoms with Gasteiger partial charge in [0.2, 0.25) is 5.91 Å². The smallest absolute Gasteiger partial charge is 0.307 e. The molecule has 1 aliphatic carbocycles. The maximum atomic E-state index is 13.4. The number of amides is 1. The molecule has 0 aliphatic heterocycles. The molecule has 3 rings (SSSR count). The largest absolute Gasteiger partial charge is 0.469 e. The van der Waals surface area contributed by atoms with Crippen LogP contribution in [0.5, 0.6) is 0 Å². The van der Waals surface area contributed by atoms with Gasteiger partial charge in [-0.15, -0.1) is 0 Å². The maximum Gasteiger partial charge on any atom is 0.307 e. The van der Waals surface area contributed by atoms with Crippen LogP contribution in [0.4, 0.5) is 0 Å². The van der Waals surface area contributed by atoms with Crippen LogP contribution in [-0.2, 0) is 14.3 Å². The number of carbonyl (C=O) groups excluding carboxylic acids is 2. The van der Waals surface area contributed by atoms with Crippen LogP contribution in [0.25, 0.3) is 0 Å². The molecule has 1 saturated carbocycles. The van der Waals surface area contributed by atoms with Crippen molar-refractivity contribution in [1.82, 2.24) is 4.90 Å².